The topological polar surface area (TPSA) is 139 Å². The maximum atomic E-state index is 12.8. The molecule has 5 rings (SSSR count). The summed E-state index contributed by atoms with van der Waals surface area (Å²) in [6, 6.07) is 8.31. The highest BCUT2D eigenvalue weighted by Gasteiger charge is 2.43. The van der Waals surface area contributed by atoms with Crippen LogP contribution < -0.4 is 5.73 Å². The highest BCUT2D eigenvalue weighted by Crippen LogP contribution is 2.33. The minimum absolute atomic E-state index is 0.247. The molecule has 2 unspecified atom stereocenters. The van der Waals surface area contributed by atoms with Gasteiger partial charge >= 0.3 is 12.1 Å². The number of methoxy groups -OCH3 is 1. The number of hydrogen-bond acceptors (Lipinski definition) is 9. The molecule has 11 nitrogen and oxygen atoms in total. The number of anilines is 1. The molecule has 2 N–H and O–H groups in total. The molecule has 1 aromatic carbocycles. The van der Waals surface area contributed by atoms with Gasteiger partial charge in [0.15, 0.2) is 5.58 Å². The van der Waals surface area contributed by atoms with Crippen molar-refractivity contribution in [2.24, 2.45) is 0 Å². The number of rotatable bonds is 4. The van der Waals surface area contributed by atoms with Crippen LogP contribution >= 0.6 is 0 Å². The highest BCUT2D eigenvalue weighted by atomic mass is 16.6. The SMILES string of the molecule is COC(=O)C1CC(n2cc(-c3cnc(N)c(-c4nc5ccccc5o4)c3)cn2)CN1C(=O)OC(C)(C)C. The summed E-state index contributed by atoms with van der Waals surface area (Å²) in [5.74, 6) is 0.184. The van der Waals surface area contributed by atoms with Crippen molar-refractivity contribution in [2.45, 2.75) is 44.9 Å². The second-order valence-corrected chi connectivity index (χ2v) is 9.91. The smallest absolute Gasteiger partial charge is 0.411 e. The first-order chi connectivity index (χ1) is 17.6. The summed E-state index contributed by atoms with van der Waals surface area (Å²) in [6.07, 6.45) is 4.99. The van der Waals surface area contributed by atoms with Crippen LogP contribution in [0.4, 0.5) is 10.6 Å². The van der Waals surface area contributed by atoms with Crippen LogP contribution in [0.3, 0.4) is 0 Å². The molecular formula is C26H28N6O5. The molecule has 1 fully saturated rings. The predicted octanol–water partition coefficient (Wildman–Crippen LogP) is 4.06. The van der Waals surface area contributed by atoms with E-state index >= 15 is 0 Å². The Bertz CT molecular complexity index is 1440. The van der Waals surface area contributed by atoms with Crippen LogP contribution in [0.15, 0.2) is 53.3 Å². The third-order valence-electron chi connectivity index (χ3n) is 6.13. The highest BCUT2D eigenvalue weighted by molar-refractivity contribution is 5.83. The minimum Gasteiger partial charge on any atom is -0.467 e. The quantitative estimate of drug-likeness (QED) is 0.408. The van der Waals surface area contributed by atoms with Crippen LogP contribution in [-0.4, -0.2) is 62.0 Å². The van der Waals surface area contributed by atoms with Gasteiger partial charge in [0.2, 0.25) is 5.89 Å². The fourth-order valence-electron chi connectivity index (χ4n) is 4.37. The number of likely N-dealkylation sites (tertiary alicyclic amines) is 1. The van der Waals surface area contributed by atoms with E-state index in [1.165, 1.54) is 12.0 Å². The lowest BCUT2D eigenvalue weighted by atomic mass is 10.1. The van der Waals surface area contributed by atoms with Crippen molar-refractivity contribution in [1.82, 2.24) is 24.6 Å². The standard InChI is InChI=1S/C26H28N6O5/c1-26(2,3)37-25(34)31-14-17(10-20(31)24(33)35-4)32-13-16(12-29-32)15-9-18(22(27)28-11-15)23-30-19-7-5-6-8-21(19)36-23/h5-9,11-13,17,20H,10,14H2,1-4H3,(H2,27,28). The second-order valence-electron chi connectivity index (χ2n) is 9.91. The maximum Gasteiger partial charge on any atom is 0.411 e. The first kappa shape index (κ1) is 24.3. The molecule has 0 aliphatic carbocycles. The lowest BCUT2D eigenvalue weighted by molar-refractivity contribution is -0.145. The van der Waals surface area contributed by atoms with Crippen LogP contribution in [0.5, 0.6) is 0 Å². The monoisotopic (exact) mass is 504 g/mol. The Kier molecular flexibility index (Phi) is 6.06. The van der Waals surface area contributed by atoms with Gasteiger partial charge in [-0.05, 0) is 39.0 Å². The molecule has 1 aliphatic rings. The van der Waals surface area contributed by atoms with E-state index in [4.69, 9.17) is 19.6 Å². The van der Waals surface area contributed by atoms with Crippen molar-refractivity contribution < 1.29 is 23.5 Å². The van der Waals surface area contributed by atoms with Gasteiger partial charge in [0.1, 0.15) is 23.0 Å². The van der Waals surface area contributed by atoms with Gasteiger partial charge in [0.25, 0.3) is 0 Å². The Morgan fingerprint density at radius 1 is 1.16 bits per heavy atom. The molecule has 192 valence electrons. The molecule has 0 spiro atoms. The van der Waals surface area contributed by atoms with Gasteiger partial charge in [-0.25, -0.2) is 19.6 Å². The Morgan fingerprint density at radius 2 is 1.95 bits per heavy atom. The fourth-order valence-corrected chi connectivity index (χ4v) is 4.37. The van der Waals surface area contributed by atoms with E-state index in [1.54, 1.807) is 37.8 Å². The zero-order valence-corrected chi connectivity index (χ0v) is 21.0. The number of oxazole rings is 1. The Balaban J connectivity index is 1.41. The molecular weight excluding hydrogens is 476 g/mol. The summed E-state index contributed by atoms with van der Waals surface area (Å²) in [5, 5.41) is 4.51. The summed E-state index contributed by atoms with van der Waals surface area (Å²) < 4.78 is 18.1. The van der Waals surface area contributed by atoms with E-state index in [2.05, 4.69) is 15.1 Å². The second kappa shape index (κ2) is 9.23. The summed E-state index contributed by atoms with van der Waals surface area (Å²) in [6.45, 7) is 5.59. The summed E-state index contributed by atoms with van der Waals surface area (Å²) in [7, 11) is 1.30. The number of carbonyl (C=O) groups excluding carboxylic acids is 2. The molecule has 4 heterocycles. The first-order valence-electron chi connectivity index (χ1n) is 11.9. The number of para-hydroxylation sites is 2. The molecule has 37 heavy (non-hydrogen) atoms. The molecule has 11 heteroatoms. The van der Waals surface area contributed by atoms with Crippen molar-refractivity contribution in [3.8, 4) is 22.6 Å². The number of esters is 1. The van der Waals surface area contributed by atoms with E-state index in [1.807, 2.05) is 36.5 Å². The van der Waals surface area contributed by atoms with Crippen molar-refractivity contribution in [1.29, 1.82) is 0 Å². The van der Waals surface area contributed by atoms with Crippen molar-refractivity contribution >= 4 is 29.0 Å². The Morgan fingerprint density at radius 3 is 2.68 bits per heavy atom. The van der Waals surface area contributed by atoms with E-state index in [0.29, 0.717) is 29.3 Å². The van der Waals surface area contributed by atoms with Crippen LogP contribution in [-0.2, 0) is 14.3 Å². The third-order valence-corrected chi connectivity index (χ3v) is 6.13. The number of ether oxygens (including phenoxy) is 2. The number of fused-ring (bicyclic) bond motifs is 1. The van der Waals surface area contributed by atoms with Crippen LogP contribution in [0.2, 0.25) is 0 Å². The summed E-state index contributed by atoms with van der Waals surface area (Å²) in [4.78, 5) is 35.5. The lowest BCUT2D eigenvalue weighted by Gasteiger charge is -2.27. The number of nitrogen functional groups attached to an aromatic ring is 1. The summed E-state index contributed by atoms with van der Waals surface area (Å²) >= 11 is 0. The Hall–Kier alpha value is -4.41. The van der Waals surface area contributed by atoms with Gasteiger partial charge in [0, 0.05) is 36.5 Å². The molecule has 1 saturated heterocycles. The maximum absolute atomic E-state index is 12.8. The number of hydrogen-bond donors (Lipinski definition) is 1. The number of amides is 1. The largest absolute Gasteiger partial charge is 0.467 e. The number of nitrogens with zero attached hydrogens (tertiary/aromatic N) is 5. The number of carbonyl (C=O) groups is 2. The average Bonchev–Trinajstić information content (AvgIpc) is 3.60. The minimum atomic E-state index is -0.763. The van der Waals surface area contributed by atoms with Gasteiger partial charge in [-0.1, -0.05) is 12.1 Å². The van der Waals surface area contributed by atoms with Crippen molar-refractivity contribution in [2.75, 3.05) is 19.4 Å². The molecule has 4 aromatic rings. The molecule has 0 bridgehead atoms. The van der Waals surface area contributed by atoms with Crippen molar-refractivity contribution in [3.05, 3.63) is 48.9 Å². The zero-order valence-electron chi connectivity index (χ0n) is 21.0. The van der Waals surface area contributed by atoms with Gasteiger partial charge < -0.3 is 19.6 Å². The third kappa shape index (κ3) is 4.84. The average molecular weight is 505 g/mol. The molecule has 1 amide bonds. The van der Waals surface area contributed by atoms with Crippen LogP contribution in [0.1, 0.15) is 33.2 Å². The number of aromatic nitrogens is 4. The molecule has 1 aliphatic heterocycles. The van der Waals surface area contributed by atoms with Crippen LogP contribution in [0.25, 0.3) is 33.7 Å². The van der Waals surface area contributed by atoms with Crippen LogP contribution in [0, 0.1) is 0 Å². The van der Waals surface area contributed by atoms with Gasteiger partial charge in [0.05, 0.1) is 24.9 Å². The molecule has 0 saturated carbocycles. The van der Waals surface area contributed by atoms with Gasteiger partial charge in [-0.3, -0.25) is 9.58 Å². The lowest BCUT2D eigenvalue weighted by Crippen LogP contribution is -2.43. The summed E-state index contributed by atoms with van der Waals surface area (Å²) in [5.41, 5.74) is 8.97. The van der Waals surface area contributed by atoms with E-state index in [9.17, 15) is 9.59 Å². The molecule has 0 radical (unpaired) electrons. The van der Waals surface area contributed by atoms with E-state index in [0.717, 1.165) is 16.6 Å². The Labute approximate surface area is 213 Å². The molecule has 2 atom stereocenters. The predicted molar refractivity (Wildman–Crippen MR) is 135 cm³/mol. The first-order valence-corrected chi connectivity index (χ1v) is 11.9. The van der Waals surface area contributed by atoms with E-state index < -0.39 is 23.7 Å². The number of nitrogens with two attached hydrogens (primary N) is 1. The fraction of sp³-hybridized carbons (Fsp3) is 0.346. The zero-order chi connectivity index (χ0) is 26.3. The molecule has 3 aromatic heterocycles. The van der Waals surface area contributed by atoms with Crippen molar-refractivity contribution in [3.63, 3.8) is 0 Å². The normalized spacial score (nSPS) is 17.8. The number of pyridine rings is 1. The van der Waals surface area contributed by atoms with Gasteiger partial charge in [-0.2, -0.15) is 5.10 Å². The van der Waals surface area contributed by atoms with Gasteiger partial charge in [-0.15, -0.1) is 0 Å². The number of benzene rings is 1. The van der Waals surface area contributed by atoms with E-state index in [-0.39, 0.29) is 12.6 Å².